The molecule has 0 radical (unpaired) electrons. The van der Waals surface area contributed by atoms with Gasteiger partial charge in [-0.25, -0.2) is 9.67 Å². The normalized spacial score (nSPS) is 16.0. The zero-order valence-electron chi connectivity index (χ0n) is 14.9. The van der Waals surface area contributed by atoms with Gasteiger partial charge in [0.1, 0.15) is 0 Å². The lowest BCUT2D eigenvalue weighted by molar-refractivity contribution is 0.0948. The van der Waals surface area contributed by atoms with E-state index in [4.69, 9.17) is 0 Å². The lowest BCUT2D eigenvalue weighted by atomic mass is 10.1. The molecule has 0 aromatic carbocycles. The standard InChI is InChI=1S/C18H27N5O/c1-13(2)23-17-16(12-20-23)15(11-14(3)21-17)18(24)19-7-10-22-8-5-4-6-9-22/h11-13H,4-10H2,1-3H3,(H,19,24). The number of amides is 1. The summed E-state index contributed by atoms with van der Waals surface area (Å²) in [7, 11) is 0. The average molecular weight is 329 g/mol. The first kappa shape index (κ1) is 16.9. The highest BCUT2D eigenvalue weighted by molar-refractivity contribution is 6.05. The van der Waals surface area contributed by atoms with E-state index in [1.807, 2.05) is 17.7 Å². The predicted molar refractivity (Wildman–Crippen MR) is 95.3 cm³/mol. The maximum atomic E-state index is 12.6. The van der Waals surface area contributed by atoms with Crippen molar-refractivity contribution in [3.05, 3.63) is 23.5 Å². The molecule has 6 nitrogen and oxygen atoms in total. The molecule has 0 bridgehead atoms. The summed E-state index contributed by atoms with van der Waals surface area (Å²) in [4.78, 5) is 19.6. The van der Waals surface area contributed by atoms with Gasteiger partial charge in [0, 0.05) is 24.8 Å². The summed E-state index contributed by atoms with van der Waals surface area (Å²) in [5.74, 6) is -0.0363. The number of likely N-dealkylation sites (tertiary alicyclic amines) is 1. The van der Waals surface area contributed by atoms with Crippen LogP contribution in [0.4, 0.5) is 0 Å². The van der Waals surface area contributed by atoms with E-state index in [1.165, 1.54) is 19.3 Å². The Morgan fingerprint density at radius 2 is 2.04 bits per heavy atom. The molecule has 1 aliphatic rings. The van der Waals surface area contributed by atoms with E-state index in [1.54, 1.807) is 6.20 Å². The number of pyridine rings is 1. The van der Waals surface area contributed by atoms with Gasteiger partial charge >= 0.3 is 0 Å². The van der Waals surface area contributed by atoms with Crippen molar-refractivity contribution in [1.82, 2.24) is 25.0 Å². The fourth-order valence-corrected chi connectivity index (χ4v) is 3.31. The Morgan fingerprint density at radius 1 is 1.29 bits per heavy atom. The minimum absolute atomic E-state index is 0.0363. The number of fused-ring (bicyclic) bond motifs is 1. The average Bonchev–Trinajstić information content (AvgIpc) is 2.98. The third-order valence-electron chi connectivity index (χ3n) is 4.59. The van der Waals surface area contributed by atoms with Gasteiger partial charge < -0.3 is 10.2 Å². The number of aromatic nitrogens is 3. The molecule has 0 atom stereocenters. The van der Waals surface area contributed by atoms with Gasteiger partial charge in [-0.05, 0) is 52.8 Å². The number of hydrogen-bond acceptors (Lipinski definition) is 4. The second-order valence-electron chi connectivity index (χ2n) is 6.89. The number of piperidine rings is 1. The molecular formula is C18H27N5O. The number of nitrogens with zero attached hydrogens (tertiary/aromatic N) is 4. The van der Waals surface area contributed by atoms with Crippen LogP contribution in [0, 0.1) is 6.92 Å². The Hall–Kier alpha value is -1.95. The highest BCUT2D eigenvalue weighted by Crippen LogP contribution is 2.20. The fourth-order valence-electron chi connectivity index (χ4n) is 3.31. The van der Waals surface area contributed by atoms with Crippen LogP contribution in [0.3, 0.4) is 0 Å². The lowest BCUT2D eigenvalue weighted by Gasteiger charge is -2.26. The van der Waals surface area contributed by atoms with Crippen LogP contribution in [-0.2, 0) is 0 Å². The number of hydrogen-bond donors (Lipinski definition) is 1. The van der Waals surface area contributed by atoms with Crippen molar-refractivity contribution < 1.29 is 4.79 Å². The SMILES string of the molecule is Cc1cc(C(=O)NCCN2CCCCC2)c2cnn(C(C)C)c2n1. The topological polar surface area (TPSA) is 63.1 Å². The second-order valence-corrected chi connectivity index (χ2v) is 6.89. The first-order valence-corrected chi connectivity index (χ1v) is 8.91. The summed E-state index contributed by atoms with van der Waals surface area (Å²) in [6.07, 6.45) is 5.62. The van der Waals surface area contributed by atoms with E-state index in [2.05, 4.69) is 34.1 Å². The van der Waals surface area contributed by atoms with Gasteiger partial charge in [0.25, 0.3) is 5.91 Å². The Morgan fingerprint density at radius 3 is 2.75 bits per heavy atom. The van der Waals surface area contributed by atoms with Crippen LogP contribution in [0.5, 0.6) is 0 Å². The van der Waals surface area contributed by atoms with Crippen molar-refractivity contribution in [1.29, 1.82) is 0 Å². The molecule has 0 unspecified atom stereocenters. The van der Waals surface area contributed by atoms with Crippen molar-refractivity contribution in [2.24, 2.45) is 0 Å². The van der Waals surface area contributed by atoms with Crippen molar-refractivity contribution in [3.8, 4) is 0 Å². The maximum Gasteiger partial charge on any atom is 0.252 e. The summed E-state index contributed by atoms with van der Waals surface area (Å²) in [6.45, 7) is 9.95. The van der Waals surface area contributed by atoms with E-state index in [-0.39, 0.29) is 11.9 Å². The third-order valence-corrected chi connectivity index (χ3v) is 4.59. The van der Waals surface area contributed by atoms with E-state index in [9.17, 15) is 4.79 Å². The number of carbonyl (C=O) groups excluding carboxylic acids is 1. The molecule has 0 saturated carbocycles. The minimum Gasteiger partial charge on any atom is -0.351 e. The smallest absolute Gasteiger partial charge is 0.252 e. The van der Waals surface area contributed by atoms with Crippen molar-refractivity contribution in [3.63, 3.8) is 0 Å². The van der Waals surface area contributed by atoms with Gasteiger partial charge in [0.05, 0.1) is 17.1 Å². The van der Waals surface area contributed by atoms with Crippen LogP contribution in [0.15, 0.2) is 12.3 Å². The molecule has 0 spiro atoms. The van der Waals surface area contributed by atoms with E-state index >= 15 is 0 Å². The van der Waals surface area contributed by atoms with Crippen molar-refractivity contribution >= 4 is 16.9 Å². The largest absolute Gasteiger partial charge is 0.351 e. The fraction of sp³-hybridized carbons (Fsp3) is 0.611. The third kappa shape index (κ3) is 3.59. The molecular weight excluding hydrogens is 302 g/mol. The van der Waals surface area contributed by atoms with Gasteiger partial charge in [-0.15, -0.1) is 0 Å². The second kappa shape index (κ2) is 7.30. The molecule has 1 fully saturated rings. The van der Waals surface area contributed by atoms with E-state index in [0.717, 1.165) is 36.4 Å². The van der Waals surface area contributed by atoms with Crippen molar-refractivity contribution in [2.75, 3.05) is 26.2 Å². The van der Waals surface area contributed by atoms with E-state index in [0.29, 0.717) is 12.1 Å². The molecule has 1 saturated heterocycles. The Kier molecular flexibility index (Phi) is 5.14. The Labute approximate surface area is 143 Å². The summed E-state index contributed by atoms with van der Waals surface area (Å²) in [5, 5.41) is 8.28. The van der Waals surface area contributed by atoms with Crippen LogP contribution in [0.25, 0.3) is 11.0 Å². The highest BCUT2D eigenvalue weighted by atomic mass is 16.1. The number of aryl methyl sites for hydroxylation is 1. The van der Waals surface area contributed by atoms with Crippen LogP contribution < -0.4 is 5.32 Å². The van der Waals surface area contributed by atoms with Crippen LogP contribution in [0.2, 0.25) is 0 Å². The zero-order valence-corrected chi connectivity index (χ0v) is 14.9. The molecule has 3 heterocycles. The predicted octanol–water partition coefficient (Wildman–Crippen LogP) is 2.54. The molecule has 130 valence electrons. The van der Waals surface area contributed by atoms with Gasteiger partial charge in [-0.1, -0.05) is 6.42 Å². The Balaban J connectivity index is 1.72. The van der Waals surface area contributed by atoms with Crippen LogP contribution in [-0.4, -0.2) is 51.8 Å². The molecule has 3 rings (SSSR count). The number of rotatable bonds is 5. The highest BCUT2D eigenvalue weighted by Gasteiger charge is 2.17. The first-order valence-electron chi connectivity index (χ1n) is 8.91. The van der Waals surface area contributed by atoms with E-state index < -0.39 is 0 Å². The quantitative estimate of drug-likeness (QED) is 0.915. The maximum absolute atomic E-state index is 12.6. The van der Waals surface area contributed by atoms with Crippen molar-refractivity contribution in [2.45, 2.75) is 46.1 Å². The molecule has 6 heteroatoms. The van der Waals surface area contributed by atoms with Crippen LogP contribution >= 0.6 is 0 Å². The summed E-state index contributed by atoms with van der Waals surface area (Å²) in [6, 6.07) is 2.07. The van der Waals surface area contributed by atoms with Gasteiger partial charge in [-0.2, -0.15) is 5.10 Å². The monoisotopic (exact) mass is 329 g/mol. The van der Waals surface area contributed by atoms with Gasteiger partial charge in [0.2, 0.25) is 0 Å². The molecule has 1 amide bonds. The van der Waals surface area contributed by atoms with Gasteiger partial charge in [-0.3, -0.25) is 4.79 Å². The lowest BCUT2D eigenvalue weighted by Crippen LogP contribution is -2.37. The molecule has 0 aliphatic carbocycles. The van der Waals surface area contributed by atoms with Gasteiger partial charge in [0.15, 0.2) is 5.65 Å². The molecule has 2 aromatic heterocycles. The first-order chi connectivity index (χ1) is 11.6. The summed E-state index contributed by atoms with van der Waals surface area (Å²) in [5.41, 5.74) is 2.29. The number of carbonyl (C=O) groups is 1. The zero-order chi connectivity index (χ0) is 17.1. The molecule has 1 N–H and O–H groups in total. The molecule has 1 aliphatic heterocycles. The summed E-state index contributed by atoms with van der Waals surface area (Å²) >= 11 is 0. The van der Waals surface area contributed by atoms with Crippen LogP contribution in [0.1, 0.15) is 55.2 Å². The number of nitrogens with one attached hydrogen (secondary N) is 1. The summed E-state index contributed by atoms with van der Waals surface area (Å²) < 4.78 is 1.87. The molecule has 24 heavy (non-hydrogen) atoms. The minimum atomic E-state index is -0.0363. The Bertz CT molecular complexity index is 716. The molecule has 2 aromatic rings.